The maximum absolute atomic E-state index is 10.6. The molecule has 25 heteroatoms. The molecular formula is C16H41N4Na5O14P2. The number of rotatable bonds is 19. The topological polar surface area (TPSA) is 301 Å². The summed E-state index contributed by atoms with van der Waals surface area (Å²) in [5.41, 5.74) is 9.81. The Morgan fingerprint density at radius 1 is 0.561 bits per heavy atom. The number of nitrogens with two attached hydrogens (primary N) is 2. The van der Waals surface area contributed by atoms with E-state index >= 15 is 0 Å². The molecule has 224 valence electrons. The first-order valence-electron chi connectivity index (χ1n) is 10.2. The molecule has 0 saturated heterocycles. The molecule has 0 radical (unpaired) electrons. The molecule has 0 amide bonds. The van der Waals surface area contributed by atoms with Crippen LogP contribution in [0.5, 0.6) is 0 Å². The second-order valence-electron chi connectivity index (χ2n) is 6.51. The van der Waals surface area contributed by atoms with E-state index in [0.717, 1.165) is 9.80 Å². The Bertz CT molecular complexity index is 619. The molecule has 0 rings (SSSR count). The van der Waals surface area contributed by atoms with Crippen molar-refractivity contribution in [2.75, 3.05) is 65.6 Å². The summed E-state index contributed by atoms with van der Waals surface area (Å²) in [6.45, 7) is -0.715. The number of carbonyl (C=O) groups is 4. The van der Waals surface area contributed by atoms with Gasteiger partial charge in [-0.2, -0.15) is 0 Å². The van der Waals surface area contributed by atoms with Crippen molar-refractivity contribution < 1.29 is 67.6 Å². The number of nitrogens with zero attached hydrogens (tertiary/aromatic N) is 2. The van der Waals surface area contributed by atoms with Gasteiger partial charge in [-0.05, 0) is 12.8 Å². The molecule has 0 saturated carbocycles. The van der Waals surface area contributed by atoms with Crippen molar-refractivity contribution in [2.45, 2.75) is 12.8 Å². The van der Waals surface area contributed by atoms with Crippen molar-refractivity contribution in [2.24, 2.45) is 11.5 Å². The van der Waals surface area contributed by atoms with Gasteiger partial charge in [-0.1, -0.05) is 0 Å². The zero-order valence-corrected chi connectivity index (χ0v) is 21.5. The van der Waals surface area contributed by atoms with Gasteiger partial charge in [-0.15, -0.1) is 0 Å². The van der Waals surface area contributed by atoms with Crippen LogP contribution in [0, 0.1) is 0 Å². The number of aliphatic carboxylic acids is 4. The molecule has 2 unspecified atom stereocenters. The van der Waals surface area contributed by atoms with Crippen molar-refractivity contribution in [1.82, 2.24) is 9.80 Å². The molecular weight excluding hydrogens is 649 g/mol. The third kappa shape index (κ3) is 62.5. The predicted octanol–water partition coefficient (Wildman–Crippen LogP) is -5.85. The third-order valence-electron chi connectivity index (χ3n) is 3.32. The summed E-state index contributed by atoms with van der Waals surface area (Å²) in [6.07, 6.45) is 1.07. The van der Waals surface area contributed by atoms with Crippen molar-refractivity contribution in [3.8, 4) is 0 Å². The number of carboxylic acids is 4. The summed E-state index contributed by atoms with van der Waals surface area (Å²) in [4.78, 5) is 60.8. The van der Waals surface area contributed by atoms with E-state index in [-0.39, 0.29) is 174 Å². The van der Waals surface area contributed by atoms with Crippen LogP contribution in [0.15, 0.2) is 0 Å². The van der Waals surface area contributed by atoms with E-state index in [1.54, 1.807) is 0 Å². The Balaban J connectivity index is -0.0000000751. The number of hydrogen-bond donors (Lipinski definition) is 8. The SMILES string of the molecule is NCCN.O=C(O)CN(CCN(CC(=O)O)CC(=O)O)CC(=O)O.O=[PH](O)OCCCCO[PH](=O)O.[NaH].[NaH].[NaH].[NaH].[NaH]. The van der Waals surface area contributed by atoms with Gasteiger partial charge >= 0.3 is 188 Å². The van der Waals surface area contributed by atoms with Crippen LogP contribution in [0.2, 0.25) is 0 Å². The third-order valence-corrected chi connectivity index (χ3v) is 4.23. The van der Waals surface area contributed by atoms with Gasteiger partial charge in [0.2, 0.25) is 0 Å². The van der Waals surface area contributed by atoms with Crippen molar-refractivity contribution in [3.63, 3.8) is 0 Å². The number of carboxylic acid groups (broad SMARTS) is 4. The molecule has 0 aromatic heterocycles. The van der Waals surface area contributed by atoms with E-state index in [4.69, 9.17) is 41.7 Å². The fourth-order valence-electron chi connectivity index (χ4n) is 2.00. The fraction of sp³-hybridized carbons (Fsp3) is 0.750. The molecule has 2 atom stereocenters. The molecule has 0 aliphatic carbocycles. The Labute approximate surface area is 350 Å². The van der Waals surface area contributed by atoms with E-state index in [1.807, 2.05) is 0 Å². The predicted molar refractivity (Wildman–Crippen MR) is 161 cm³/mol. The molecule has 0 heterocycles. The average Bonchev–Trinajstić information content (AvgIpc) is 2.73. The Hall–Kier alpha value is 3.02. The van der Waals surface area contributed by atoms with Crippen LogP contribution in [-0.2, 0) is 37.4 Å². The number of hydrogen-bond acceptors (Lipinski definition) is 12. The van der Waals surface area contributed by atoms with E-state index in [1.165, 1.54) is 0 Å². The summed E-state index contributed by atoms with van der Waals surface area (Å²) < 4.78 is 28.7. The van der Waals surface area contributed by atoms with Crippen LogP contribution < -0.4 is 11.5 Å². The summed E-state index contributed by atoms with van der Waals surface area (Å²) in [5, 5.41) is 34.5. The first-order chi connectivity index (χ1) is 16.7. The van der Waals surface area contributed by atoms with Gasteiger partial charge in [0, 0.05) is 26.2 Å². The molecule has 0 bridgehead atoms. The number of unbranched alkanes of at least 4 members (excludes halogenated alkanes) is 1. The fourth-order valence-corrected chi connectivity index (χ4v) is 2.64. The van der Waals surface area contributed by atoms with Crippen molar-refractivity contribution in [3.05, 3.63) is 0 Å². The Morgan fingerprint density at radius 3 is 0.927 bits per heavy atom. The molecule has 0 aliphatic rings. The van der Waals surface area contributed by atoms with Gasteiger partial charge in [-0.25, -0.2) is 0 Å². The van der Waals surface area contributed by atoms with E-state index in [9.17, 15) is 28.3 Å². The summed E-state index contributed by atoms with van der Waals surface area (Å²) in [6, 6.07) is 0. The van der Waals surface area contributed by atoms with Gasteiger partial charge in [-0.3, -0.25) is 38.1 Å². The molecule has 0 aromatic carbocycles. The van der Waals surface area contributed by atoms with Gasteiger partial charge in [0.15, 0.2) is 0 Å². The standard InChI is InChI=1S/C10H16N2O8.C4H12O6P2.C2H8N2.5Na.5H/c13-7(14)3-11(4-8(15)16)1-2-12(5-9(17)18)6-10(19)20;5-11(6)9-3-1-2-4-10-12(7)8;3-1-2-4;;;;;;;;;;/h1-6H2,(H,13,14)(H,15,16)(H,17,18)(H,19,20);11-12H,1-4H2,(H,5,6)(H,7,8);1-4H2;;;;;;;;;;. The van der Waals surface area contributed by atoms with Crippen LogP contribution >= 0.6 is 16.5 Å². The van der Waals surface area contributed by atoms with Crippen LogP contribution in [0.3, 0.4) is 0 Å². The zero-order valence-electron chi connectivity index (χ0n) is 19.5. The first-order valence-corrected chi connectivity index (χ1v) is 12.7. The van der Waals surface area contributed by atoms with Gasteiger partial charge < -0.3 is 50.7 Å². The summed E-state index contributed by atoms with van der Waals surface area (Å²) >= 11 is 0. The van der Waals surface area contributed by atoms with Gasteiger partial charge in [0.1, 0.15) is 0 Å². The normalized spacial score (nSPS) is 10.6. The second-order valence-corrected chi connectivity index (χ2v) is 8.15. The van der Waals surface area contributed by atoms with Crippen LogP contribution in [0.4, 0.5) is 0 Å². The average molecular weight is 690 g/mol. The zero-order chi connectivity index (χ0) is 28.5. The minimum atomic E-state index is -2.83. The van der Waals surface area contributed by atoms with Crippen molar-refractivity contribution in [1.29, 1.82) is 0 Å². The quantitative estimate of drug-likeness (QED) is 0.0356. The van der Waals surface area contributed by atoms with E-state index in [2.05, 4.69) is 9.05 Å². The monoisotopic (exact) mass is 690 g/mol. The van der Waals surface area contributed by atoms with Crippen molar-refractivity contribution >= 4 is 188 Å². The Kier molecular flexibility index (Phi) is 69.1. The molecule has 0 spiro atoms. The van der Waals surface area contributed by atoms with Crippen LogP contribution in [0.25, 0.3) is 0 Å². The van der Waals surface area contributed by atoms with Crippen LogP contribution in [0.1, 0.15) is 12.8 Å². The maximum atomic E-state index is 10.6. The molecule has 18 nitrogen and oxygen atoms in total. The molecule has 0 aromatic rings. The Morgan fingerprint density at radius 2 is 0.780 bits per heavy atom. The van der Waals surface area contributed by atoms with Gasteiger partial charge in [0.05, 0.1) is 39.4 Å². The molecule has 0 fully saturated rings. The first kappa shape index (κ1) is 62.8. The summed E-state index contributed by atoms with van der Waals surface area (Å²) in [7, 11) is -5.67. The second kappa shape index (κ2) is 45.1. The van der Waals surface area contributed by atoms with Crippen LogP contribution in [-0.4, -0.2) is 277 Å². The molecule has 10 N–H and O–H groups in total. The van der Waals surface area contributed by atoms with E-state index in [0.29, 0.717) is 25.9 Å². The minimum absolute atomic E-state index is 0. The van der Waals surface area contributed by atoms with Gasteiger partial charge in [0.25, 0.3) is 0 Å². The molecule has 41 heavy (non-hydrogen) atoms. The summed E-state index contributed by atoms with van der Waals surface area (Å²) in [5.74, 6) is -4.91. The van der Waals surface area contributed by atoms with E-state index < -0.39 is 66.6 Å². The molecule has 0 aliphatic heterocycles.